The molecule has 0 aromatic carbocycles. The lowest BCUT2D eigenvalue weighted by Gasteiger charge is -2.18. The molecule has 0 saturated heterocycles. The summed E-state index contributed by atoms with van der Waals surface area (Å²) in [5.74, 6) is 0. The number of rotatable bonds is 4. The number of halogens is 1. The molecular weight excluding hydrogens is 298 g/mol. The summed E-state index contributed by atoms with van der Waals surface area (Å²) >= 11 is 5.23. The molecule has 0 bridgehead atoms. The molecule has 17 heavy (non-hydrogen) atoms. The van der Waals surface area contributed by atoms with Crippen LogP contribution in [-0.4, -0.2) is 9.97 Å². The van der Waals surface area contributed by atoms with Crippen LogP contribution in [-0.2, 0) is 0 Å². The van der Waals surface area contributed by atoms with Crippen molar-refractivity contribution in [1.29, 1.82) is 0 Å². The van der Waals surface area contributed by atoms with E-state index in [0.29, 0.717) is 6.04 Å². The lowest BCUT2D eigenvalue weighted by atomic mass is 10.2. The summed E-state index contributed by atoms with van der Waals surface area (Å²) in [7, 11) is 0. The summed E-state index contributed by atoms with van der Waals surface area (Å²) < 4.78 is 1.16. The maximum absolute atomic E-state index is 4.30. The van der Waals surface area contributed by atoms with Crippen LogP contribution in [0.5, 0.6) is 0 Å². The predicted molar refractivity (Wildman–Crippen MR) is 74.0 cm³/mol. The molecule has 1 unspecified atom stereocenters. The van der Waals surface area contributed by atoms with Crippen LogP contribution in [0.3, 0.4) is 0 Å². The van der Waals surface area contributed by atoms with Crippen molar-refractivity contribution in [3.63, 3.8) is 0 Å². The first kappa shape index (κ1) is 12.7. The third-order valence-corrected chi connectivity index (χ3v) is 4.35. The van der Waals surface area contributed by atoms with Crippen LogP contribution in [0.4, 0.5) is 0 Å². The van der Waals surface area contributed by atoms with Crippen molar-refractivity contribution in [2.45, 2.75) is 25.9 Å². The second kappa shape index (κ2) is 5.71. The molecule has 2 heterocycles. The van der Waals surface area contributed by atoms with E-state index in [-0.39, 0.29) is 6.04 Å². The van der Waals surface area contributed by atoms with Gasteiger partial charge in [-0.3, -0.25) is 9.97 Å². The molecule has 2 atom stereocenters. The van der Waals surface area contributed by atoms with Gasteiger partial charge in [0.15, 0.2) is 0 Å². The topological polar surface area (TPSA) is 37.8 Å². The molecule has 0 saturated carbocycles. The summed E-state index contributed by atoms with van der Waals surface area (Å²) in [5, 5.41) is 3.51. The molecule has 0 aliphatic carbocycles. The molecule has 0 amide bonds. The maximum atomic E-state index is 4.30. The van der Waals surface area contributed by atoms with Gasteiger partial charge in [0.25, 0.3) is 0 Å². The quantitative estimate of drug-likeness (QED) is 0.935. The maximum Gasteiger partial charge on any atom is 0.0753 e. The van der Waals surface area contributed by atoms with Crippen molar-refractivity contribution in [1.82, 2.24) is 15.3 Å². The molecule has 0 radical (unpaired) electrons. The van der Waals surface area contributed by atoms with Crippen molar-refractivity contribution >= 4 is 27.3 Å². The normalized spacial score (nSPS) is 14.5. The van der Waals surface area contributed by atoms with Gasteiger partial charge in [-0.2, -0.15) is 0 Å². The van der Waals surface area contributed by atoms with Crippen molar-refractivity contribution in [3.8, 4) is 0 Å². The average molecular weight is 312 g/mol. The molecule has 0 aliphatic heterocycles. The Morgan fingerprint density at radius 3 is 2.65 bits per heavy atom. The summed E-state index contributed by atoms with van der Waals surface area (Å²) in [6, 6.07) is 4.71. The Labute approximate surface area is 113 Å². The van der Waals surface area contributed by atoms with Crippen LogP contribution in [0, 0.1) is 0 Å². The smallest absolute Gasteiger partial charge is 0.0753 e. The van der Waals surface area contributed by atoms with Crippen molar-refractivity contribution in [2.75, 3.05) is 0 Å². The molecule has 0 fully saturated rings. The lowest BCUT2D eigenvalue weighted by Crippen LogP contribution is -2.22. The van der Waals surface area contributed by atoms with Gasteiger partial charge in [-0.15, -0.1) is 11.3 Å². The van der Waals surface area contributed by atoms with Gasteiger partial charge in [-0.1, -0.05) is 0 Å². The third kappa shape index (κ3) is 3.34. The van der Waals surface area contributed by atoms with E-state index >= 15 is 0 Å². The van der Waals surface area contributed by atoms with Crippen LogP contribution in [0.1, 0.15) is 36.5 Å². The van der Waals surface area contributed by atoms with E-state index in [1.54, 1.807) is 29.9 Å². The van der Waals surface area contributed by atoms with Gasteiger partial charge in [0.2, 0.25) is 0 Å². The van der Waals surface area contributed by atoms with E-state index in [2.05, 4.69) is 57.2 Å². The minimum atomic E-state index is 0.194. The molecule has 0 spiro atoms. The van der Waals surface area contributed by atoms with E-state index in [0.717, 1.165) is 9.48 Å². The molecular formula is C12H14BrN3S. The third-order valence-electron chi connectivity index (χ3n) is 2.55. The zero-order valence-corrected chi connectivity index (χ0v) is 12.1. The molecule has 2 rings (SSSR count). The monoisotopic (exact) mass is 311 g/mol. The largest absolute Gasteiger partial charge is 0.301 e. The minimum Gasteiger partial charge on any atom is -0.301 e. The summed E-state index contributed by atoms with van der Waals surface area (Å²) in [5.41, 5.74) is 0.968. The summed E-state index contributed by atoms with van der Waals surface area (Å²) in [4.78, 5) is 9.69. The first-order chi connectivity index (χ1) is 8.16. The standard InChI is InChI=1S/C12H14BrN3S/c1-8(10-7-14-5-6-15-10)16-9(2)11-3-4-12(13)17-11/h3-9,16H,1-2H3/t8?,9-/m0/s1. The SMILES string of the molecule is CC(N[C@@H](C)c1ccc(Br)s1)c1cnccn1. The summed E-state index contributed by atoms with van der Waals surface area (Å²) in [6.45, 7) is 4.26. The second-order valence-electron chi connectivity index (χ2n) is 3.88. The molecule has 1 N–H and O–H groups in total. The zero-order valence-electron chi connectivity index (χ0n) is 9.72. The first-order valence-electron chi connectivity index (χ1n) is 5.44. The van der Waals surface area contributed by atoms with Gasteiger partial charge in [0.1, 0.15) is 0 Å². The Morgan fingerprint density at radius 2 is 2.06 bits per heavy atom. The number of hydrogen-bond acceptors (Lipinski definition) is 4. The molecule has 0 aliphatic rings. The Kier molecular flexibility index (Phi) is 4.25. The van der Waals surface area contributed by atoms with E-state index in [9.17, 15) is 0 Å². The van der Waals surface area contributed by atoms with E-state index < -0.39 is 0 Å². The van der Waals surface area contributed by atoms with Gasteiger partial charge in [-0.05, 0) is 41.9 Å². The van der Waals surface area contributed by atoms with Crippen molar-refractivity contribution in [2.24, 2.45) is 0 Å². The van der Waals surface area contributed by atoms with Crippen molar-refractivity contribution < 1.29 is 0 Å². The van der Waals surface area contributed by atoms with E-state index in [1.807, 2.05) is 0 Å². The van der Waals surface area contributed by atoms with Gasteiger partial charge >= 0.3 is 0 Å². The average Bonchev–Trinajstić information content (AvgIpc) is 2.77. The number of nitrogens with one attached hydrogen (secondary N) is 1. The lowest BCUT2D eigenvalue weighted by molar-refractivity contribution is 0.490. The molecule has 2 aromatic heterocycles. The highest BCUT2D eigenvalue weighted by molar-refractivity contribution is 9.11. The van der Waals surface area contributed by atoms with Gasteiger partial charge < -0.3 is 5.32 Å². The Bertz CT molecular complexity index is 472. The van der Waals surface area contributed by atoms with Crippen LogP contribution < -0.4 is 5.32 Å². The summed E-state index contributed by atoms with van der Waals surface area (Å²) in [6.07, 6.45) is 5.21. The van der Waals surface area contributed by atoms with Crippen LogP contribution in [0.25, 0.3) is 0 Å². The molecule has 90 valence electrons. The van der Waals surface area contributed by atoms with Gasteiger partial charge in [0, 0.05) is 35.6 Å². The Hall–Kier alpha value is -0.780. The highest BCUT2D eigenvalue weighted by Gasteiger charge is 2.13. The fourth-order valence-electron chi connectivity index (χ4n) is 1.64. The first-order valence-corrected chi connectivity index (χ1v) is 7.05. The van der Waals surface area contributed by atoms with Crippen LogP contribution in [0.15, 0.2) is 34.5 Å². The number of aromatic nitrogens is 2. The number of nitrogens with zero attached hydrogens (tertiary/aromatic N) is 2. The number of thiophene rings is 1. The highest BCUT2D eigenvalue weighted by Crippen LogP contribution is 2.28. The number of hydrogen-bond donors (Lipinski definition) is 1. The fourth-order valence-corrected chi connectivity index (χ4v) is 3.07. The Balaban J connectivity index is 2.02. The van der Waals surface area contributed by atoms with E-state index in [4.69, 9.17) is 0 Å². The molecule has 2 aromatic rings. The fraction of sp³-hybridized carbons (Fsp3) is 0.333. The second-order valence-corrected chi connectivity index (χ2v) is 6.38. The Morgan fingerprint density at radius 1 is 1.24 bits per heavy atom. The van der Waals surface area contributed by atoms with E-state index in [1.165, 1.54) is 4.88 Å². The predicted octanol–water partition coefficient (Wildman–Crippen LogP) is 3.71. The molecule has 3 nitrogen and oxygen atoms in total. The minimum absolute atomic E-state index is 0.194. The molecule has 5 heteroatoms. The van der Waals surface area contributed by atoms with Gasteiger partial charge in [0.05, 0.1) is 9.48 Å². The van der Waals surface area contributed by atoms with Gasteiger partial charge in [-0.25, -0.2) is 0 Å². The van der Waals surface area contributed by atoms with Crippen LogP contribution in [0.2, 0.25) is 0 Å². The van der Waals surface area contributed by atoms with Crippen molar-refractivity contribution in [3.05, 3.63) is 45.1 Å². The highest BCUT2D eigenvalue weighted by atomic mass is 79.9. The zero-order chi connectivity index (χ0) is 12.3. The van der Waals surface area contributed by atoms with Crippen LogP contribution >= 0.6 is 27.3 Å².